The zero-order valence-corrected chi connectivity index (χ0v) is 14.9. The molecular formula is C21H24N4. The fraction of sp³-hybridized carbons (Fsp3) is 0.333. The second kappa shape index (κ2) is 6.71. The van der Waals surface area contributed by atoms with Gasteiger partial charge in [-0.2, -0.15) is 4.98 Å². The first-order chi connectivity index (χ1) is 12.2. The zero-order chi connectivity index (χ0) is 17.2. The third kappa shape index (κ3) is 3.29. The second-order valence-corrected chi connectivity index (χ2v) is 6.88. The largest absolute Gasteiger partial charge is 0.356 e. The van der Waals surface area contributed by atoms with Crippen LogP contribution in [-0.2, 0) is 0 Å². The first-order valence-corrected chi connectivity index (χ1v) is 9.07. The Morgan fingerprint density at radius 2 is 1.72 bits per heavy atom. The molecule has 4 rings (SSSR count). The Balaban J connectivity index is 1.77. The fourth-order valence-corrected chi connectivity index (χ4v) is 3.45. The highest BCUT2D eigenvalue weighted by Gasteiger charge is 2.17. The van der Waals surface area contributed by atoms with Crippen LogP contribution < -0.4 is 10.2 Å². The van der Waals surface area contributed by atoms with Gasteiger partial charge in [-0.15, -0.1) is 0 Å². The summed E-state index contributed by atoms with van der Waals surface area (Å²) in [7, 11) is 0. The molecule has 0 unspecified atom stereocenters. The van der Waals surface area contributed by atoms with E-state index in [1.807, 2.05) is 6.07 Å². The van der Waals surface area contributed by atoms with Gasteiger partial charge in [0.2, 0.25) is 5.95 Å². The molecule has 0 bridgehead atoms. The van der Waals surface area contributed by atoms with Crippen LogP contribution in [0.2, 0.25) is 0 Å². The third-order valence-corrected chi connectivity index (χ3v) is 4.88. The minimum atomic E-state index is 0.674. The molecule has 0 saturated carbocycles. The van der Waals surface area contributed by atoms with Crippen LogP contribution >= 0.6 is 0 Å². The van der Waals surface area contributed by atoms with Gasteiger partial charge in [0, 0.05) is 24.2 Å². The normalized spacial score (nSPS) is 14.7. The highest BCUT2D eigenvalue weighted by Crippen LogP contribution is 2.29. The van der Waals surface area contributed by atoms with Crippen molar-refractivity contribution in [3.8, 4) is 0 Å². The molecule has 1 fully saturated rings. The topological polar surface area (TPSA) is 41.1 Å². The average Bonchev–Trinajstić information content (AvgIpc) is 2.65. The molecule has 25 heavy (non-hydrogen) atoms. The van der Waals surface area contributed by atoms with Crippen molar-refractivity contribution >= 4 is 28.4 Å². The first kappa shape index (κ1) is 15.9. The Morgan fingerprint density at radius 3 is 2.56 bits per heavy atom. The third-order valence-electron chi connectivity index (χ3n) is 4.88. The van der Waals surface area contributed by atoms with E-state index in [9.17, 15) is 0 Å². The Kier molecular flexibility index (Phi) is 4.26. The van der Waals surface area contributed by atoms with Crippen LogP contribution in [-0.4, -0.2) is 23.1 Å². The fourth-order valence-electron chi connectivity index (χ4n) is 3.45. The number of benzene rings is 2. The molecule has 0 atom stereocenters. The van der Waals surface area contributed by atoms with Crippen LogP contribution in [0.15, 0.2) is 42.5 Å². The van der Waals surface area contributed by atoms with Gasteiger partial charge in [0.15, 0.2) is 0 Å². The van der Waals surface area contributed by atoms with E-state index in [0.29, 0.717) is 5.95 Å². The number of hydrogen-bond donors (Lipinski definition) is 1. The average molecular weight is 332 g/mol. The molecule has 1 aliphatic rings. The number of nitrogens with one attached hydrogen (secondary N) is 1. The first-order valence-electron chi connectivity index (χ1n) is 9.07. The van der Waals surface area contributed by atoms with Gasteiger partial charge in [-0.3, -0.25) is 0 Å². The summed E-state index contributed by atoms with van der Waals surface area (Å²) in [6, 6.07) is 14.7. The van der Waals surface area contributed by atoms with Gasteiger partial charge in [0.1, 0.15) is 5.82 Å². The number of fused-ring (bicyclic) bond motifs is 1. The molecule has 2 heterocycles. The quantitative estimate of drug-likeness (QED) is 0.734. The number of para-hydroxylation sites is 1. The van der Waals surface area contributed by atoms with Gasteiger partial charge in [0.25, 0.3) is 0 Å². The summed E-state index contributed by atoms with van der Waals surface area (Å²) in [5, 5.41) is 4.57. The minimum Gasteiger partial charge on any atom is -0.356 e. The number of aryl methyl sites for hydroxylation is 2. The van der Waals surface area contributed by atoms with Crippen LogP contribution in [0.3, 0.4) is 0 Å². The lowest BCUT2D eigenvalue weighted by Crippen LogP contribution is -2.30. The zero-order valence-electron chi connectivity index (χ0n) is 14.9. The lowest BCUT2D eigenvalue weighted by atomic mass is 10.1. The highest BCUT2D eigenvalue weighted by molar-refractivity contribution is 5.90. The molecule has 1 N–H and O–H groups in total. The van der Waals surface area contributed by atoms with Gasteiger partial charge in [-0.1, -0.05) is 24.3 Å². The lowest BCUT2D eigenvalue weighted by Gasteiger charge is -2.29. The van der Waals surface area contributed by atoms with E-state index in [2.05, 4.69) is 60.5 Å². The maximum atomic E-state index is 4.89. The summed E-state index contributed by atoms with van der Waals surface area (Å²) in [5.41, 5.74) is 4.48. The lowest BCUT2D eigenvalue weighted by molar-refractivity contribution is 0.575. The number of rotatable bonds is 3. The Morgan fingerprint density at radius 1 is 0.920 bits per heavy atom. The predicted octanol–water partition coefficient (Wildman–Crippen LogP) is 4.98. The van der Waals surface area contributed by atoms with Crippen molar-refractivity contribution in [1.29, 1.82) is 0 Å². The molecule has 3 aromatic rings. The highest BCUT2D eigenvalue weighted by atomic mass is 15.2. The van der Waals surface area contributed by atoms with E-state index in [1.54, 1.807) is 0 Å². The molecule has 2 aromatic carbocycles. The number of hydrogen-bond acceptors (Lipinski definition) is 4. The van der Waals surface area contributed by atoms with Gasteiger partial charge in [-0.25, -0.2) is 4.98 Å². The smallest absolute Gasteiger partial charge is 0.229 e. The van der Waals surface area contributed by atoms with Crippen molar-refractivity contribution < 1.29 is 0 Å². The summed E-state index contributed by atoms with van der Waals surface area (Å²) in [6.07, 6.45) is 3.78. The van der Waals surface area contributed by atoms with E-state index in [0.717, 1.165) is 35.5 Å². The van der Waals surface area contributed by atoms with Crippen LogP contribution in [0.1, 0.15) is 30.4 Å². The van der Waals surface area contributed by atoms with Crippen LogP contribution in [0, 0.1) is 13.8 Å². The molecule has 128 valence electrons. The van der Waals surface area contributed by atoms with Gasteiger partial charge in [0.05, 0.1) is 5.52 Å². The van der Waals surface area contributed by atoms with E-state index >= 15 is 0 Å². The maximum absolute atomic E-state index is 4.89. The van der Waals surface area contributed by atoms with E-state index in [1.165, 1.54) is 30.4 Å². The van der Waals surface area contributed by atoms with E-state index in [4.69, 9.17) is 9.97 Å². The molecule has 4 nitrogen and oxygen atoms in total. The van der Waals surface area contributed by atoms with Crippen LogP contribution in [0.25, 0.3) is 10.9 Å². The molecule has 1 saturated heterocycles. The van der Waals surface area contributed by atoms with Crippen molar-refractivity contribution in [2.24, 2.45) is 0 Å². The van der Waals surface area contributed by atoms with Crippen molar-refractivity contribution in [3.05, 3.63) is 53.6 Å². The SMILES string of the molecule is Cc1ccc(C)c(Nc2nc(N3CCCCC3)c3ccccc3n2)c1. The summed E-state index contributed by atoms with van der Waals surface area (Å²) in [5.74, 6) is 1.73. The van der Waals surface area contributed by atoms with Crippen LogP contribution in [0.4, 0.5) is 17.5 Å². The minimum absolute atomic E-state index is 0.674. The number of anilines is 3. The van der Waals surface area contributed by atoms with Crippen LogP contribution in [0.5, 0.6) is 0 Å². The van der Waals surface area contributed by atoms with Crippen molar-refractivity contribution in [3.63, 3.8) is 0 Å². The van der Waals surface area contributed by atoms with Gasteiger partial charge < -0.3 is 10.2 Å². The van der Waals surface area contributed by atoms with Crippen molar-refractivity contribution in [2.75, 3.05) is 23.3 Å². The molecule has 0 radical (unpaired) electrons. The van der Waals surface area contributed by atoms with Gasteiger partial charge >= 0.3 is 0 Å². The monoisotopic (exact) mass is 332 g/mol. The molecule has 0 spiro atoms. The summed E-state index contributed by atoms with van der Waals surface area (Å²) >= 11 is 0. The summed E-state index contributed by atoms with van der Waals surface area (Å²) in [4.78, 5) is 12.0. The van der Waals surface area contributed by atoms with Gasteiger partial charge in [-0.05, 0) is 62.4 Å². The summed E-state index contributed by atoms with van der Waals surface area (Å²) in [6.45, 7) is 6.35. The molecule has 0 aliphatic carbocycles. The second-order valence-electron chi connectivity index (χ2n) is 6.88. The predicted molar refractivity (Wildman–Crippen MR) is 105 cm³/mol. The number of piperidine rings is 1. The standard InChI is InChI=1S/C21H24N4/c1-15-10-11-16(2)19(14-15)23-21-22-18-9-5-4-8-17(18)20(24-21)25-12-6-3-7-13-25/h4-5,8-11,14H,3,6-7,12-13H2,1-2H3,(H,22,23,24). The maximum Gasteiger partial charge on any atom is 0.229 e. The molecule has 1 aromatic heterocycles. The molecule has 4 heteroatoms. The molecular weight excluding hydrogens is 308 g/mol. The Hall–Kier alpha value is -2.62. The summed E-state index contributed by atoms with van der Waals surface area (Å²) < 4.78 is 0. The Labute approximate surface area is 148 Å². The van der Waals surface area contributed by atoms with Crippen molar-refractivity contribution in [1.82, 2.24) is 9.97 Å². The molecule has 1 aliphatic heterocycles. The number of nitrogens with zero attached hydrogens (tertiary/aromatic N) is 3. The molecule has 0 amide bonds. The van der Waals surface area contributed by atoms with E-state index in [-0.39, 0.29) is 0 Å². The number of aromatic nitrogens is 2. The Bertz CT molecular complexity index is 898. The van der Waals surface area contributed by atoms with E-state index < -0.39 is 0 Å². The van der Waals surface area contributed by atoms with Crippen molar-refractivity contribution in [2.45, 2.75) is 33.1 Å².